The van der Waals surface area contributed by atoms with E-state index in [2.05, 4.69) is 0 Å². The van der Waals surface area contributed by atoms with Gasteiger partial charge in [0.1, 0.15) is 22.5 Å². The van der Waals surface area contributed by atoms with E-state index in [1.165, 1.54) is 13.2 Å². The quantitative estimate of drug-likeness (QED) is 0.182. The highest BCUT2D eigenvalue weighted by molar-refractivity contribution is 7.82. The second-order valence-electron chi connectivity index (χ2n) is 9.03. The minimum absolute atomic E-state index is 0.0631. The molecule has 0 amide bonds. The number of halogens is 2. The van der Waals surface area contributed by atoms with Gasteiger partial charge in [-0.05, 0) is 47.4 Å². The lowest BCUT2D eigenvalue weighted by Gasteiger charge is -2.32. The van der Waals surface area contributed by atoms with Crippen LogP contribution < -0.4 is 4.74 Å². The molecule has 2 unspecified atom stereocenters. The molecule has 7 nitrogen and oxygen atoms in total. The number of hydrogen-bond donors (Lipinski definition) is 3. The first kappa shape index (κ1) is 29.6. The van der Waals surface area contributed by atoms with Gasteiger partial charge in [-0.1, -0.05) is 78.9 Å². The van der Waals surface area contributed by atoms with Crippen molar-refractivity contribution >= 4 is 18.6 Å². The van der Waals surface area contributed by atoms with Gasteiger partial charge in [0.15, 0.2) is 0 Å². The van der Waals surface area contributed by atoms with Crippen LogP contribution in [0.25, 0.3) is 0 Å². The highest BCUT2D eigenvalue weighted by atomic mass is 32.2. The van der Waals surface area contributed by atoms with Gasteiger partial charge in [0.2, 0.25) is 0 Å². The van der Waals surface area contributed by atoms with E-state index < -0.39 is 41.6 Å². The minimum Gasteiger partial charge on any atom is -0.507 e. The van der Waals surface area contributed by atoms with Gasteiger partial charge >= 0.3 is 13.3 Å². The van der Waals surface area contributed by atoms with E-state index in [1.54, 1.807) is 28.6 Å². The lowest BCUT2D eigenvalue weighted by molar-refractivity contribution is 0.0539. The number of phenolic OH excluding ortho intramolecular Hbond substituents is 1. The molecular formula is C29H28F2NO6PS. The van der Waals surface area contributed by atoms with Gasteiger partial charge in [-0.25, -0.2) is 8.51 Å². The van der Waals surface area contributed by atoms with E-state index in [0.717, 1.165) is 23.3 Å². The summed E-state index contributed by atoms with van der Waals surface area (Å²) in [5.41, 5.74) is -3.64. The third-order valence-corrected chi connectivity index (χ3v) is 8.86. The summed E-state index contributed by atoms with van der Waals surface area (Å²) in [6.07, 6.45) is 0.450. The van der Waals surface area contributed by atoms with Gasteiger partial charge in [0.05, 0.1) is 23.6 Å². The molecule has 0 aliphatic rings. The maximum atomic E-state index is 14.3. The Bertz CT molecular complexity index is 1520. The predicted octanol–water partition coefficient (Wildman–Crippen LogP) is 6.14. The SMILES string of the molecule is COc1ccccc1S(=O)N(Cc1ccc(C(F)(F)P(=O)(O)O)c(O)c1)C(Cc1ccccc1)c1ccccc1. The van der Waals surface area contributed by atoms with Crippen molar-refractivity contribution in [1.29, 1.82) is 0 Å². The van der Waals surface area contributed by atoms with Gasteiger partial charge in [-0.15, -0.1) is 0 Å². The lowest BCUT2D eigenvalue weighted by Crippen LogP contribution is -2.32. The fourth-order valence-electron chi connectivity index (χ4n) is 4.34. The number of ether oxygens (including phenoxy) is 1. The van der Waals surface area contributed by atoms with Crippen LogP contribution in [0.1, 0.15) is 28.3 Å². The van der Waals surface area contributed by atoms with Crippen LogP contribution in [0.4, 0.5) is 8.78 Å². The molecule has 40 heavy (non-hydrogen) atoms. The Kier molecular flexibility index (Phi) is 9.18. The second-order valence-corrected chi connectivity index (χ2v) is 12.1. The molecule has 4 aromatic carbocycles. The maximum Gasteiger partial charge on any atom is 0.399 e. The molecule has 0 aromatic heterocycles. The van der Waals surface area contributed by atoms with E-state index in [4.69, 9.17) is 14.5 Å². The summed E-state index contributed by atoms with van der Waals surface area (Å²) in [6.45, 7) is -0.0631. The average molecular weight is 588 g/mol. The number of hydrogen-bond acceptors (Lipinski definition) is 4. The number of nitrogens with zero attached hydrogens (tertiary/aromatic N) is 1. The van der Waals surface area contributed by atoms with Crippen molar-refractivity contribution in [2.45, 2.75) is 29.6 Å². The van der Waals surface area contributed by atoms with Gasteiger partial charge in [-0.3, -0.25) is 4.57 Å². The highest BCUT2D eigenvalue weighted by Crippen LogP contribution is 2.60. The van der Waals surface area contributed by atoms with Crippen molar-refractivity contribution in [2.24, 2.45) is 0 Å². The van der Waals surface area contributed by atoms with E-state index >= 15 is 0 Å². The molecule has 11 heteroatoms. The summed E-state index contributed by atoms with van der Waals surface area (Å²) in [4.78, 5) is 18.6. The first-order valence-electron chi connectivity index (χ1n) is 12.2. The molecule has 0 bridgehead atoms. The Labute approximate surface area is 233 Å². The molecule has 0 aliphatic carbocycles. The smallest absolute Gasteiger partial charge is 0.399 e. The van der Waals surface area contributed by atoms with Crippen molar-refractivity contribution in [2.75, 3.05) is 7.11 Å². The Hall–Kier alpha value is -3.40. The predicted molar refractivity (Wildman–Crippen MR) is 148 cm³/mol. The fourth-order valence-corrected chi connectivity index (χ4v) is 6.31. The van der Waals surface area contributed by atoms with E-state index in [0.29, 0.717) is 22.6 Å². The molecule has 0 saturated carbocycles. The van der Waals surface area contributed by atoms with Crippen molar-refractivity contribution in [3.05, 3.63) is 125 Å². The number of alkyl halides is 2. The molecular weight excluding hydrogens is 559 g/mol. The van der Waals surface area contributed by atoms with Gasteiger partial charge in [-0.2, -0.15) is 8.78 Å². The van der Waals surface area contributed by atoms with Crippen LogP contribution in [0, 0.1) is 0 Å². The molecule has 0 fully saturated rings. The lowest BCUT2D eigenvalue weighted by atomic mass is 9.98. The fraction of sp³-hybridized carbons (Fsp3) is 0.172. The summed E-state index contributed by atoms with van der Waals surface area (Å²) in [7, 11) is -6.24. The first-order chi connectivity index (χ1) is 19.0. The Morgan fingerprint density at radius 3 is 2.10 bits per heavy atom. The molecule has 210 valence electrons. The zero-order valence-electron chi connectivity index (χ0n) is 21.4. The van der Waals surface area contributed by atoms with Gasteiger partial charge < -0.3 is 19.6 Å². The van der Waals surface area contributed by atoms with E-state index in [1.807, 2.05) is 60.7 Å². The minimum atomic E-state index is -5.89. The normalized spacial score (nSPS) is 13.7. The van der Waals surface area contributed by atoms with E-state index in [-0.39, 0.29) is 6.54 Å². The van der Waals surface area contributed by atoms with Crippen molar-refractivity contribution in [3.63, 3.8) is 0 Å². The number of aromatic hydroxyl groups is 1. The molecule has 4 aromatic rings. The van der Waals surface area contributed by atoms with Gasteiger partial charge in [0, 0.05) is 6.54 Å². The van der Waals surface area contributed by atoms with E-state index in [9.17, 15) is 22.7 Å². The summed E-state index contributed by atoms with van der Waals surface area (Å²) in [6, 6.07) is 28.4. The molecule has 0 spiro atoms. The molecule has 0 heterocycles. The molecule has 0 saturated heterocycles. The van der Waals surface area contributed by atoms with Gasteiger partial charge in [0.25, 0.3) is 0 Å². The zero-order chi connectivity index (χ0) is 28.9. The molecule has 2 atom stereocenters. The number of benzene rings is 4. The van der Waals surface area contributed by atoms with Crippen molar-refractivity contribution < 1.29 is 37.2 Å². The van der Waals surface area contributed by atoms with Crippen LogP contribution in [0.2, 0.25) is 0 Å². The molecule has 0 aliphatic heterocycles. The number of para-hydroxylation sites is 1. The first-order valence-corrected chi connectivity index (χ1v) is 14.9. The second kappa shape index (κ2) is 12.4. The van der Waals surface area contributed by atoms with Crippen LogP contribution in [0.5, 0.6) is 11.5 Å². The largest absolute Gasteiger partial charge is 0.507 e. The Morgan fingerprint density at radius 2 is 1.50 bits per heavy atom. The summed E-state index contributed by atoms with van der Waals surface area (Å²) >= 11 is 0. The van der Waals surface area contributed by atoms with Crippen LogP contribution >= 0.6 is 7.60 Å². The van der Waals surface area contributed by atoms with Crippen LogP contribution in [-0.4, -0.2) is 30.5 Å². The van der Waals surface area contributed by atoms with Crippen molar-refractivity contribution in [1.82, 2.24) is 4.31 Å². The number of phenols is 1. The number of rotatable bonds is 11. The summed E-state index contributed by atoms with van der Waals surface area (Å²) in [5.74, 6) is -0.579. The van der Waals surface area contributed by atoms with Crippen molar-refractivity contribution in [3.8, 4) is 11.5 Å². The summed E-state index contributed by atoms with van der Waals surface area (Å²) < 4.78 is 61.4. The average Bonchev–Trinajstić information content (AvgIpc) is 2.95. The molecule has 4 rings (SSSR count). The van der Waals surface area contributed by atoms with Crippen LogP contribution in [0.15, 0.2) is 108 Å². The monoisotopic (exact) mass is 587 g/mol. The Morgan fingerprint density at radius 1 is 0.900 bits per heavy atom. The van der Waals surface area contributed by atoms with Crippen LogP contribution in [-0.2, 0) is 34.2 Å². The molecule has 3 N–H and O–H groups in total. The number of methoxy groups -OCH3 is 1. The van der Waals surface area contributed by atoms with Crippen LogP contribution in [0.3, 0.4) is 0 Å². The third kappa shape index (κ3) is 6.49. The molecule has 0 radical (unpaired) electrons. The maximum absolute atomic E-state index is 14.3. The zero-order valence-corrected chi connectivity index (χ0v) is 23.1. The standard InChI is InChI=1S/C29H28F2NO6PS/c1-38-27-14-8-9-15-28(27)40(37)32(20-22-16-17-24(26(33)19-22)29(30,31)39(34,35)36)25(23-12-6-3-7-13-23)18-21-10-4-2-5-11-21/h2-17,19,25,33H,18,20H2,1H3,(H2,34,35,36). The summed E-state index contributed by atoms with van der Waals surface area (Å²) in [5, 5.41) is 10.4. The highest BCUT2D eigenvalue weighted by Gasteiger charge is 2.52. The Balaban J connectivity index is 1.82. The topological polar surface area (TPSA) is 107 Å². The third-order valence-electron chi connectivity index (χ3n) is 6.36.